The van der Waals surface area contributed by atoms with E-state index in [1.54, 1.807) is 0 Å². The van der Waals surface area contributed by atoms with Gasteiger partial charge in [0.25, 0.3) is 0 Å². The Morgan fingerprint density at radius 1 is 1.19 bits per heavy atom. The molecule has 0 heterocycles. The second-order valence-electron chi connectivity index (χ2n) is 10.8. The number of ether oxygens (including phenoxy) is 1. The zero-order valence-electron chi connectivity index (χ0n) is 17.5. The normalized spacial score (nSPS) is 43.4. The van der Waals surface area contributed by atoms with Crippen LogP contribution in [-0.2, 0) is 14.3 Å². The monoisotopic (exact) mass is 370 g/mol. The van der Waals surface area contributed by atoms with E-state index in [0.29, 0.717) is 24.0 Å². The fraction of sp³-hybridized carbons (Fsp3) is 0.750. The lowest BCUT2D eigenvalue weighted by Crippen LogP contribution is -2.51. The molecule has 0 aromatic rings. The van der Waals surface area contributed by atoms with Crippen molar-refractivity contribution in [2.45, 2.75) is 79.2 Å². The molecule has 2 fully saturated rings. The summed E-state index contributed by atoms with van der Waals surface area (Å²) < 4.78 is 5.99. The van der Waals surface area contributed by atoms with E-state index in [0.717, 1.165) is 12.8 Å². The summed E-state index contributed by atoms with van der Waals surface area (Å²) in [6.45, 7) is 10.2. The molecule has 0 aromatic carbocycles. The summed E-state index contributed by atoms with van der Waals surface area (Å²) in [5.74, 6) is 1.10. The Morgan fingerprint density at radius 2 is 1.93 bits per heavy atom. The lowest BCUT2D eigenvalue weighted by molar-refractivity contribution is -0.164. The van der Waals surface area contributed by atoms with Crippen LogP contribution in [0.5, 0.6) is 0 Å². The number of allylic oxidation sites excluding steroid dienone is 4. The van der Waals surface area contributed by atoms with E-state index in [9.17, 15) is 9.59 Å². The molecule has 2 saturated carbocycles. The van der Waals surface area contributed by atoms with E-state index < -0.39 is 5.41 Å². The molecule has 6 unspecified atom stereocenters. The molecule has 27 heavy (non-hydrogen) atoms. The zero-order valence-corrected chi connectivity index (χ0v) is 17.5. The minimum absolute atomic E-state index is 0.117. The van der Waals surface area contributed by atoms with E-state index >= 15 is 0 Å². The zero-order chi connectivity index (χ0) is 19.6. The fourth-order valence-corrected chi connectivity index (χ4v) is 6.42. The molecule has 0 saturated heterocycles. The third kappa shape index (κ3) is 2.76. The highest BCUT2D eigenvalue weighted by Gasteiger charge is 2.62. The molecule has 148 valence electrons. The quantitative estimate of drug-likeness (QED) is 0.592. The van der Waals surface area contributed by atoms with Gasteiger partial charge >= 0.3 is 5.97 Å². The summed E-state index contributed by atoms with van der Waals surface area (Å²) in [7, 11) is 0. The number of fused-ring (bicyclic) bond motifs is 5. The van der Waals surface area contributed by atoms with Gasteiger partial charge < -0.3 is 4.74 Å². The van der Waals surface area contributed by atoms with E-state index in [2.05, 4.69) is 32.1 Å². The van der Waals surface area contributed by atoms with Crippen molar-refractivity contribution in [3.05, 3.63) is 23.8 Å². The summed E-state index contributed by atoms with van der Waals surface area (Å²) in [5, 5.41) is 0. The fourth-order valence-electron chi connectivity index (χ4n) is 6.42. The van der Waals surface area contributed by atoms with Crippen LogP contribution in [0.2, 0.25) is 0 Å². The molecule has 0 bridgehead atoms. The molecule has 6 atom stereocenters. The van der Waals surface area contributed by atoms with Crippen molar-refractivity contribution in [1.82, 2.24) is 0 Å². The molecule has 0 radical (unpaired) electrons. The smallest absolute Gasteiger partial charge is 0.311 e. The maximum absolute atomic E-state index is 13.0. The van der Waals surface area contributed by atoms with Gasteiger partial charge in [0.05, 0.1) is 5.41 Å². The van der Waals surface area contributed by atoms with Crippen LogP contribution in [0.1, 0.15) is 73.1 Å². The van der Waals surface area contributed by atoms with Crippen molar-refractivity contribution in [3.63, 3.8) is 0 Å². The highest BCUT2D eigenvalue weighted by molar-refractivity contribution is 5.89. The Bertz CT molecular complexity index is 724. The van der Waals surface area contributed by atoms with Gasteiger partial charge in [0.15, 0.2) is 0 Å². The molecule has 0 spiro atoms. The summed E-state index contributed by atoms with van der Waals surface area (Å²) in [6.07, 6.45) is 12.9. The molecular weight excluding hydrogens is 336 g/mol. The topological polar surface area (TPSA) is 43.4 Å². The van der Waals surface area contributed by atoms with Crippen molar-refractivity contribution in [2.24, 2.45) is 34.0 Å². The largest absolute Gasteiger partial charge is 0.461 e. The Morgan fingerprint density at radius 3 is 2.63 bits per heavy atom. The SMILES string of the molecule is CC(C)(C)C(=O)OC1CC(=O)C2(C)CCC3C(C=CC4=CCCCC43C)C12. The maximum Gasteiger partial charge on any atom is 0.311 e. The molecule has 3 heteroatoms. The second kappa shape index (κ2) is 6.06. The molecule has 3 nitrogen and oxygen atoms in total. The van der Waals surface area contributed by atoms with Gasteiger partial charge in [0, 0.05) is 17.8 Å². The first kappa shape index (κ1) is 19.0. The Kier molecular flexibility index (Phi) is 4.25. The number of hydrogen-bond acceptors (Lipinski definition) is 3. The second-order valence-corrected chi connectivity index (χ2v) is 10.8. The lowest BCUT2D eigenvalue weighted by Gasteiger charge is -2.55. The van der Waals surface area contributed by atoms with E-state index in [1.807, 2.05) is 20.8 Å². The standard InChI is InChI=1S/C24H34O3/c1-22(2,3)21(26)27-18-14-19(25)24(5)13-11-17-16(20(18)24)10-9-15-8-6-7-12-23(15,17)4/h8-10,16-18,20H,6-7,11-14H2,1-5H3. The van der Waals surface area contributed by atoms with Crippen LogP contribution in [0.3, 0.4) is 0 Å². The molecule has 4 aliphatic carbocycles. The van der Waals surface area contributed by atoms with Gasteiger partial charge in [0.1, 0.15) is 11.9 Å². The van der Waals surface area contributed by atoms with Gasteiger partial charge in [-0.05, 0) is 75.7 Å². The Balaban J connectivity index is 1.70. The van der Waals surface area contributed by atoms with Crippen molar-refractivity contribution < 1.29 is 14.3 Å². The number of hydrogen-bond donors (Lipinski definition) is 0. The number of esters is 1. The van der Waals surface area contributed by atoms with Crippen molar-refractivity contribution in [2.75, 3.05) is 0 Å². The molecule has 0 N–H and O–H groups in total. The first-order chi connectivity index (χ1) is 12.6. The van der Waals surface area contributed by atoms with Gasteiger partial charge in [0.2, 0.25) is 0 Å². The highest BCUT2D eigenvalue weighted by Crippen LogP contribution is 2.63. The molecule has 4 rings (SSSR count). The number of rotatable bonds is 1. The minimum atomic E-state index is -0.538. The number of carbonyl (C=O) groups is 2. The highest BCUT2D eigenvalue weighted by atomic mass is 16.5. The summed E-state index contributed by atoms with van der Waals surface area (Å²) in [6, 6.07) is 0. The van der Waals surface area contributed by atoms with Gasteiger partial charge in [-0.1, -0.05) is 32.1 Å². The van der Waals surface area contributed by atoms with Crippen LogP contribution in [0, 0.1) is 34.0 Å². The van der Waals surface area contributed by atoms with Crippen LogP contribution < -0.4 is 0 Å². The third-order valence-electron chi connectivity index (χ3n) is 8.12. The van der Waals surface area contributed by atoms with E-state index in [4.69, 9.17) is 4.74 Å². The molecular formula is C24H34O3. The summed E-state index contributed by atoms with van der Waals surface area (Å²) in [5.41, 5.74) is 0.819. The number of carbonyl (C=O) groups excluding carboxylic acids is 2. The maximum atomic E-state index is 13.0. The van der Waals surface area contributed by atoms with Crippen LogP contribution in [0.15, 0.2) is 23.8 Å². The van der Waals surface area contributed by atoms with Crippen LogP contribution in [0.25, 0.3) is 0 Å². The molecule has 0 aliphatic heterocycles. The average molecular weight is 371 g/mol. The van der Waals surface area contributed by atoms with Crippen LogP contribution in [-0.4, -0.2) is 17.9 Å². The minimum Gasteiger partial charge on any atom is -0.461 e. The predicted octanol–water partition coefficient (Wildman–Crippen LogP) is 5.25. The predicted molar refractivity (Wildman–Crippen MR) is 106 cm³/mol. The first-order valence-electron chi connectivity index (χ1n) is 10.7. The average Bonchev–Trinajstić information content (AvgIpc) is 2.84. The summed E-state index contributed by atoms with van der Waals surface area (Å²) in [4.78, 5) is 25.6. The Hall–Kier alpha value is -1.38. The van der Waals surface area contributed by atoms with Gasteiger partial charge in [-0.2, -0.15) is 0 Å². The van der Waals surface area contributed by atoms with E-state index in [-0.39, 0.29) is 28.8 Å². The van der Waals surface area contributed by atoms with Gasteiger partial charge in [-0.3, -0.25) is 9.59 Å². The number of Topliss-reactive ketones (excluding diaryl/α,β-unsaturated/α-hetero) is 1. The lowest BCUT2D eigenvalue weighted by atomic mass is 9.49. The number of ketones is 1. The molecule has 4 aliphatic rings. The molecule has 0 amide bonds. The van der Waals surface area contributed by atoms with Crippen molar-refractivity contribution >= 4 is 11.8 Å². The van der Waals surface area contributed by atoms with Crippen LogP contribution >= 0.6 is 0 Å². The van der Waals surface area contributed by atoms with Crippen molar-refractivity contribution in [1.29, 1.82) is 0 Å². The third-order valence-corrected chi connectivity index (χ3v) is 8.12. The van der Waals surface area contributed by atoms with E-state index in [1.165, 1.54) is 24.8 Å². The van der Waals surface area contributed by atoms with Gasteiger partial charge in [-0.25, -0.2) is 0 Å². The Labute approximate surface area is 163 Å². The first-order valence-corrected chi connectivity index (χ1v) is 10.7. The van der Waals surface area contributed by atoms with Gasteiger partial charge in [-0.15, -0.1) is 0 Å². The van der Waals surface area contributed by atoms with Crippen molar-refractivity contribution in [3.8, 4) is 0 Å². The summed E-state index contributed by atoms with van der Waals surface area (Å²) >= 11 is 0. The molecule has 0 aromatic heterocycles. The van der Waals surface area contributed by atoms with Crippen LogP contribution in [0.4, 0.5) is 0 Å².